The highest BCUT2D eigenvalue weighted by Crippen LogP contribution is 2.20. The smallest absolute Gasteiger partial charge is 0.123 e. The van der Waals surface area contributed by atoms with E-state index < -0.39 is 0 Å². The molecule has 2 nitrogen and oxygen atoms in total. The number of nitrogens with zero attached hydrogens (tertiary/aromatic N) is 1. The molecular weight excluding hydrogens is 227 g/mol. The lowest BCUT2D eigenvalue weighted by Gasteiger charge is -2.15. The molecule has 18 heavy (non-hydrogen) atoms. The first kappa shape index (κ1) is 12.1. The summed E-state index contributed by atoms with van der Waals surface area (Å²) in [7, 11) is 0. The van der Waals surface area contributed by atoms with Crippen molar-refractivity contribution in [1.82, 2.24) is 0 Å². The lowest BCUT2D eigenvalue weighted by Crippen LogP contribution is -2.06. The Morgan fingerprint density at radius 1 is 1.17 bits per heavy atom. The van der Waals surface area contributed by atoms with Crippen molar-refractivity contribution in [3.8, 4) is 6.07 Å². The zero-order valence-electron chi connectivity index (χ0n) is 10.0. The van der Waals surface area contributed by atoms with Gasteiger partial charge in [0.05, 0.1) is 11.6 Å². The van der Waals surface area contributed by atoms with Crippen LogP contribution in [-0.4, -0.2) is 0 Å². The standard InChI is InChI=1S/C15H13FN2/c1-11(13-5-7-14(16)8-6-13)18-15-4-2-3-12(9-15)10-17/h2-9,11,18H,1H3. The lowest BCUT2D eigenvalue weighted by atomic mass is 10.1. The van der Waals surface area contributed by atoms with Crippen LogP contribution in [0.5, 0.6) is 0 Å². The highest BCUT2D eigenvalue weighted by Gasteiger charge is 2.05. The van der Waals surface area contributed by atoms with Gasteiger partial charge in [-0.25, -0.2) is 4.39 Å². The fourth-order valence-electron chi connectivity index (χ4n) is 1.76. The molecule has 90 valence electrons. The highest BCUT2D eigenvalue weighted by atomic mass is 19.1. The second-order valence-corrected chi connectivity index (χ2v) is 4.11. The number of halogens is 1. The summed E-state index contributed by atoms with van der Waals surface area (Å²) in [6, 6.07) is 15.8. The normalized spacial score (nSPS) is 11.6. The maximum Gasteiger partial charge on any atom is 0.123 e. The molecule has 2 aromatic rings. The van der Waals surface area contributed by atoms with Crippen molar-refractivity contribution >= 4 is 5.69 Å². The molecule has 0 aliphatic rings. The Balaban J connectivity index is 2.13. The van der Waals surface area contributed by atoms with Crippen LogP contribution in [0.25, 0.3) is 0 Å². The van der Waals surface area contributed by atoms with Crippen molar-refractivity contribution in [3.05, 3.63) is 65.5 Å². The van der Waals surface area contributed by atoms with Crippen LogP contribution in [-0.2, 0) is 0 Å². The van der Waals surface area contributed by atoms with E-state index in [-0.39, 0.29) is 11.9 Å². The Morgan fingerprint density at radius 3 is 2.56 bits per heavy atom. The maximum atomic E-state index is 12.8. The van der Waals surface area contributed by atoms with Gasteiger partial charge < -0.3 is 5.32 Å². The van der Waals surface area contributed by atoms with Crippen molar-refractivity contribution in [2.24, 2.45) is 0 Å². The van der Waals surface area contributed by atoms with Gasteiger partial charge in [-0.1, -0.05) is 18.2 Å². The van der Waals surface area contributed by atoms with Gasteiger partial charge in [-0.05, 0) is 42.8 Å². The lowest BCUT2D eigenvalue weighted by molar-refractivity contribution is 0.626. The molecule has 0 fully saturated rings. The van der Waals surface area contributed by atoms with Crippen molar-refractivity contribution in [2.45, 2.75) is 13.0 Å². The Hall–Kier alpha value is -2.34. The molecule has 2 aromatic carbocycles. The number of rotatable bonds is 3. The summed E-state index contributed by atoms with van der Waals surface area (Å²) in [4.78, 5) is 0. The number of nitriles is 1. The number of benzene rings is 2. The average Bonchev–Trinajstić information content (AvgIpc) is 2.39. The molecule has 0 saturated heterocycles. The van der Waals surface area contributed by atoms with Crippen LogP contribution in [0.15, 0.2) is 48.5 Å². The molecule has 1 N–H and O–H groups in total. The van der Waals surface area contributed by atoms with E-state index in [2.05, 4.69) is 11.4 Å². The quantitative estimate of drug-likeness (QED) is 0.884. The van der Waals surface area contributed by atoms with Gasteiger partial charge in [-0.3, -0.25) is 0 Å². The van der Waals surface area contributed by atoms with Gasteiger partial charge in [0.15, 0.2) is 0 Å². The van der Waals surface area contributed by atoms with Gasteiger partial charge in [-0.2, -0.15) is 5.26 Å². The molecule has 0 spiro atoms. The van der Waals surface area contributed by atoms with Crippen LogP contribution in [0.3, 0.4) is 0 Å². The number of anilines is 1. The first-order chi connectivity index (χ1) is 8.69. The fourth-order valence-corrected chi connectivity index (χ4v) is 1.76. The molecule has 2 rings (SSSR count). The van der Waals surface area contributed by atoms with E-state index in [9.17, 15) is 4.39 Å². The second-order valence-electron chi connectivity index (χ2n) is 4.11. The second kappa shape index (κ2) is 5.33. The van der Waals surface area contributed by atoms with Crippen molar-refractivity contribution in [1.29, 1.82) is 5.26 Å². The molecule has 3 heteroatoms. The summed E-state index contributed by atoms with van der Waals surface area (Å²) in [5, 5.41) is 12.1. The third-order valence-electron chi connectivity index (χ3n) is 2.74. The van der Waals surface area contributed by atoms with E-state index in [0.717, 1.165) is 11.3 Å². The molecule has 0 bridgehead atoms. The SMILES string of the molecule is CC(Nc1cccc(C#N)c1)c1ccc(F)cc1. The molecule has 1 atom stereocenters. The van der Waals surface area contributed by atoms with E-state index in [1.54, 1.807) is 24.3 Å². The molecule has 0 saturated carbocycles. The number of hydrogen-bond donors (Lipinski definition) is 1. The predicted molar refractivity (Wildman–Crippen MR) is 69.6 cm³/mol. The van der Waals surface area contributed by atoms with Crippen LogP contribution >= 0.6 is 0 Å². The fraction of sp³-hybridized carbons (Fsp3) is 0.133. The van der Waals surface area contributed by atoms with Crippen molar-refractivity contribution in [3.63, 3.8) is 0 Å². The monoisotopic (exact) mass is 240 g/mol. The molecular formula is C15H13FN2. The Morgan fingerprint density at radius 2 is 1.89 bits per heavy atom. The Kier molecular flexibility index (Phi) is 3.59. The molecule has 0 radical (unpaired) electrons. The van der Waals surface area contributed by atoms with E-state index >= 15 is 0 Å². The third kappa shape index (κ3) is 2.86. The highest BCUT2D eigenvalue weighted by molar-refractivity contribution is 5.50. The van der Waals surface area contributed by atoms with Gasteiger partial charge in [0, 0.05) is 11.7 Å². The Labute approximate surface area is 106 Å². The van der Waals surface area contributed by atoms with Gasteiger partial charge >= 0.3 is 0 Å². The zero-order valence-corrected chi connectivity index (χ0v) is 10.0. The largest absolute Gasteiger partial charge is 0.378 e. The van der Waals surface area contributed by atoms with Gasteiger partial charge in [-0.15, -0.1) is 0 Å². The van der Waals surface area contributed by atoms with Crippen LogP contribution in [0.2, 0.25) is 0 Å². The summed E-state index contributed by atoms with van der Waals surface area (Å²) in [6.45, 7) is 1.99. The summed E-state index contributed by atoms with van der Waals surface area (Å²) >= 11 is 0. The molecule has 1 unspecified atom stereocenters. The van der Waals surface area contributed by atoms with Gasteiger partial charge in [0.2, 0.25) is 0 Å². The van der Waals surface area contributed by atoms with Crippen LogP contribution in [0.4, 0.5) is 10.1 Å². The first-order valence-corrected chi connectivity index (χ1v) is 5.71. The first-order valence-electron chi connectivity index (χ1n) is 5.71. The Bertz CT molecular complexity index is 570. The number of hydrogen-bond acceptors (Lipinski definition) is 2. The van der Waals surface area contributed by atoms with Crippen LogP contribution < -0.4 is 5.32 Å². The molecule has 0 amide bonds. The predicted octanol–water partition coefficient (Wildman–Crippen LogP) is 3.87. The molecule has 0 aromatic heterocycles. The minimum absolute atomic E-state index is 0.0551. The van der Waals surface area contributed by atoms with E-state index in [4.69, 9.17) is 5.26 Å². The molecule has 0 aliphatic carbocycles. The summed E-state index contributed by atoms with van der Waals surface area (Å²) in [5.41, 5.74) is 2.50. The van der Waals surface area contributed by atoms with E-state index in [1.807, 2.05) is 19.1 Å². The third-order valence-corrected chi connectivity index (χ3v) is 2.74. The van der Waals surface area contributed by atoms with Crippen LogP contribution in [0, 0.1) is 17.1 Å². The van der Waals surface area contributed by atoms with E-state index in [0.29, 0.717) is 5.56 Å². The van der Waals surface area contributed by atoms with E-state index in [1.165, 1.54) is 12.1 Å². The number of nitrogens with one attached hydrogen (secondary N) is 1. The van der Waals surface area contributed by atoms with Crippen LogP contribution in [0.1, 0.15) is 24.1 Å². The van der Waals surface area contributed by atoms with Crippen molar-refractivity contribution in [2.75, 3.05) is 5.32 Å². The van der Waals surface area contributed by atoms with Gasteiger partial charge in [0.1, 0.15) is 5.82 Å². The summed E-state index contributed by atoms with van der Waals surface area (Å²) < 4.78 is 12.8. The zero-order chi connectivity index (χ0) is 13.0. The van der Waals surface area contributed by atoms with Crippen molar-refractivity contribution < 1.29 is 4.39 Å². The minimum Gasteiger partial charge on any atom is -0.378 e. The summed E-state index contributed by atoms with van der Waals surface area (Å²) in [6.07, 6.45) is 0. The summed E-state index contributed by atoms with van der Waals surface area (Å²) in [5.74, 6) is -0.238. The maximum absolute atomic E-state index is 12.8. The van der Waals surface area contributed by atoms with Gasteiger partial charge in [0.25, 0.3) is 0 Å². The molecule has 0 aliphatic heterocycles. The average molecular weight is 240 g/mol. The molecule has 0 heterocycles. The topological polar surface area (TPSA) is 35.8 Å². The minimum atomic E-state index is -0.238.